The minimum atomic E-state index is -1.87. The molecule has 1 fully saturated rings. The Kier molecular flexibility index (Phi) is 11.8. The standard InChI is InChI=1S/C22H21N2O.C20H26GeN.Ir/c1-4-22(3,5-2)16-10-11-23-18(13-16)15-12-20-21(24-14-15)17-8-6-7-9-19(17)25-20;1-21(2,3)19-15-22-20(17-11-5-4-6-12-17)14-18(19)13-16-9-7-8-10-16;/h6-11,13-14H,4-5H2,1-3H3;4-6,11,14-16H,7-10,13H2,1-3H3;/q2*-1;. The summed E-state index contributed by atoms with van der Waals surface area (Å²) in [6.07, 6.45) is 15.0. The second kappa shape index (κ2) is 15.6. The Morgan fingerprint density at radius 1 is 0.854 bits per heavy atom. The second-order valence-electron chi connectivity index (χ2n) is 14.4. The molecule has 4 heterocycles. The summed E-state index contributed by atoms with van der Waals surface area (Å²) >= 11 is -1.87. The van der Waals surface area contributed by atoms with E-state index in [1.807, 2.05) is 48.8 Å². The zero-order chi connectivity index (χ0) is 33.0. The fourth-order valence-electron chi connectivity index (χ4n) is 6.84. The molecule has 1 radical (unpaired) electrons. The Morgan fingerprint density at radius 2 is 1.58 bits per heavy atom. The number of para-hydroxylation sites is 1. The number of hydrogen-bond donors (Lipinski definition) is 0. The van der Waals surface area contributed by atoms with Crippen molar-refractivity contribution >= 4 is 39.7 Å². The molecule has 1 aliphatic carbocycles. The van der Waals surface area contributed by atoms with Gasteiger partial charge in [-0.3, -0.25) is 0 Å². The number of benzene rings is 2. The van der Waals surface area contributed by atoms with Crippen molar-refractivity contribution < 1.29 is 24.5 Å². The van der Waals surface area contributed by atoms with Crippen molar-refractivity contribution in [2.24, 2.45) is 5.92 Å². The Hall–Kier alpha value is -3.12. The topological polar surface area (TPSA) is 51.8 Å². The minimum Gasteiger partial charge on any atom is 0 e. The first-order valence-corrected chi connectivity index (χ1v) is 24.7. The van der Waals surface area contributed by atoms with E-state index in [-0.39, 0.29) is 25.5 Å². The van der Waals surface area contributed by atoms with Gasteiger partial charge in [-0.1, -0.05) is 57.3 Å². The predicted octanol–water partition coefficient (Wildman–Crippen LogP) is 10.7. The Labute approximate surface area is 302 Å². The Morgan fingerprint density at radius 3 is 2.29 bits per heavy atom. The number of hydrogen-bond acceptors (Lipinski definition) is 4. The van der Waals surface area contributed by atoms with E-state index in [1.54, 1.807) is 9.96 Å². The van der Waals surface area contributed by atoms with E-state index in [0.29, 0.717) is 5.58 Å². The molecule has 0 unspecified atom stereocenters. The third-order valence-corrected chi connectivity index (χ3v) is 14.5. The Bertz CT molecular complexity index is 1950. The summed E-state index contributed by atoms with van der Waals surface area (Å²) in [7, 11) is 0. The van der Waals surface area contributed by atoms with Gasteiger partial charge in [-0.05, 0) is 41.6 Å². The summed E-state index contributed by atoms with van der Waals surface area (Å²) in [5.74, 6) is 8.31. The average Bonchev–Trinajstić information content (AvgIpc) is 3.75. The first-order valence-electron chi connectivity index (χ1n) is 17.3. The summed E-state index contributed by atoms with van der Waals surface area (Å²) in [6.45, 7) is 6.77. The summed E-state index contributed by atoms with van der Waals surface area (Å²) in [6, 6.07) is 29.4. The van der Waals surface area contributed by atoms with E-state index in [2.05, 4.69) is 96.7 Å². The van der Waals surface area contributed by atoms with Crippen LogP contribution in [0.25, 0.3) is 44.6 Å². The van der Waals surface area contributed by atoms with Crippen molar-refractivity contribution in [3.63, 3.8) is 0 Å². The molecule has 4 nitrogen and oxygen atoms in total. The fraction of sp³-hybridized carbons (Fsp3) is 0.357. The van der Waals surface area contributed by atoms with Crippen molar-refractivity contribution in [2.45, 2.75) is 88.4 Å². The van der Waals surface area contributed by atoms with Crippen molar-refractivity contribution in [1.82, 2.24) is 15.0 Å². The van der Waals surface area contributed by atoms with Crippen LogP contribution in [0.5, 0.6) is 0 Å². The molecule has 7 rings (SSSR count). The van der Waals surface area contributed by atoms with E-state index < -0.39 is 13.3 Å². The maximum Gasteiger partial charge on any atom is 0 e. The van der Waals surface area contributed by atoms with Crippen LogP contribution in [0.15, 0.2) is 89.7 Å². The molecule has 6 heteroatoms. The van der Waals surface area contributed by atoms with E-state index in [4.69, 9.17) is 9.40 Å². The zero-order valence-electron chi connectivity index (χ0n) is 29.2. The smallest absolute Gasteiger partial charge is 0 e. The average molecular weight is 875 g/mol. The molecular weight excluding hydrogens is 827 g/mol. The summed E-state index contributed by atoms with van der Waals surface area (Å²) in [4.78, 5) is 13.9. The minimum absolute atomic E-state index is 0. The monoisotopic (exact) mass is 876 g/mol. The van der Waals surface area contributed by atoms with Gasteiger partial charge in [0.05, 0.1) is 5.58 Å². The molecule has 0 N–H and O–H groups in total. The van der Waals surface area contributed by atoms with Gasteiger partial charge in [0.2, 0.25) is 0 Å². The van der Waals surface area contributed by atoms with Gasteiger partial charge in [-0.25, -0.2) is 0 Å². The van der Waals surface area contributed by atoms with Crippen molar-refractivity contribution in [3.8, 4) is 22.5 Å². The molecule has 0 amide bonds. The molecule has 1 saturated carbocycles. The molecule has 2 aromatic carbocycles. The maximum atomic E-state index is 5.91. The summed E-state index contributed by atoms with van der Waals surface area (Å²) in [5, 5.41) is 1.02. The molecule has 4 aromatic heterocycles. The first kappa shape index (κ1) is 36.2. The molecule has 1 aliphatic rings. The van der Waals surface area contributed by atoms with Crippen LogP contribution < -0.4 is 4.40 Å². The van der Waals surface area contributed by atoms with Gasteiger partial charge < -0.3 is 14.4 Å². The van der Waals surface area contributed by atoms with Gasteiger partial charge in [-0.2, -0.15) is 0 Å². The van der Waals surface area contributed by atoms with Gasteiger partial charge in [0.15, 0.2) is 0 Å². The van der Waals surface area contributed by atoms with Crippen LogP contribution in [0.4, 0.5) is 0 Å². The number of rotatable bonds is 8. The fourth-order valence-corrected chi connectivity index (χ4v) is 10.2. The first-order chi connectivity index (χ1) is 22.7. The van der Waals surface area contributed by atoms with E-state index in [1.165, 1.54) is 37.7 Å². The van der Waals surface area contributed by atoms with E-state index >= 15 is 0 Å². The van der Waals surface area contributed by atoms with Crippen LogP contribution in [-0.2, 0) is 31.9 Å². The number of nitrogens with zero attached hydrogens (tertiary/aromatic N) is 3. The van der Waals surface area contributed by atoms with Crippen LogP contribution in [0.1, 0.15) is 70.4 Å². The molecule has 251 valence electrons. The quantitative estimate of drug-likeness (QED) is 0.113. The van der Waals surface area contributed by atoms with Gasteiger partial charge >= 0.3 is 137 Å². The zero-order valence-corrected chi connectivity index (χ0v) is 33.7. The van der Waals surface area contributed by atoms with Crippen LogP contribution >= 0.6 is 0 Å². The predicted molar refractivity (Wildman–Crippen MR) is 199 cm³/mol. The molecule has 0 atom stereocenters. The third-order valence-electron chi connectivity index (χ3n) is 10.2. The normalized spacial score (nSPS) is 13.7. The summed E-state index contributed by atoms with van der Waals surface area (Å²) in [5.41, 5.74) is 9.36. The van der Waals surface area contributed by atoms with Gasteiger partial charge in [0, 0.05) is 37.2 Å². The number of aromatic nitrogens is 3. The van der Waals surface area contributed by atoms with Crippen molar-refractivity contribution in [2.75, 3.05) is 0 Å². The van der Waals surface area contributed by atoms with Gasteiger partial charge in [0.25, 0.3) is 0 Å². The van der Waals surface area contributed by atoms with E-state index in [9.17, 15) is 0 Å². The molecule has 48 heavy (non-hydrogen) atoms. The molecule has 6 aromatic rings. The third kappa shape index (κ3) is 8.01. The van der Waals surface area contributed by atoms with E-state index in [0.717, 1.165) is 57.8 Å². The SMILES string of the molecule is CCC(C)(CC)c1ccnc(-c2[c-]c3oc4ccccc4c3nc2)c1.[CH3][Ge]([CH3])([CH3])[c]1cnc(-c2[c-]cccc2)cc1CC1CCCC1.[Ir]. The number of fused-ring (bicyclic) bond motifs is 3. The van der Waals surface area contributed by atoms with Crippen LogP contribution in [-0.4, -0.2) is 28.2 Å². The molecule has 0 bridgehead atoms. The number of pyridine rings is 3. The van der Waals surface area contributed by atoms with Gasteiger partial charge in [0.1, 0.15) is 5.58 Å². The van der Waals surface area contributed by atoms with Crippen molar-refractivity contribution in [1.29, 1.82) is 0 Å². The van der Waals surface area contributed by atoms with Crippen LogP contribution in [0.2, 0.25) is 17.3 Å². The largest absolute Gasteiger partial charge is 0 e. The number of furan rings is 1. The molecule has 0 aliphatic heterocycles. The Balaban J connectivity index is 0.000000186. The van der Waals surface area contributed by atoms with Crippen LogP contribution in [0, 0.1) is 18.1 Å². The molecular formula is C42H47GeIrN3O-2. The molecule has 0 spiro atoms. The van der Waals surface area contributed by atoms with Crippen LogP contribution in [0.3, 0.4) is 0 Å². The van der Waals surface area contributed by atoms with Gasteiger partial charge in [-0.15, -0.1) is 5.56 Å². The second-order valence-corrected chi connectivity index (χ2v) is 24.9. The van der Waals surface area contributed by atoms with Crippen molar-refractivity contribution in [3.05, 3.63) is 109 Å². The maximum absolute atomic E-state index is 5.91. The summed E-state index contributed by atoms with van der Waals surface area (Å²) < 4.78 is 7.50. The molecule has 0 saturated heterocycles.